The molecule has 1 amide bonds. The van der Waals surface area contributed by atoms with Gasteiger partial charge in [0.2, 0.25) is 11.9 Å². The number of halogens is 2. The lowest BCUT2D eigenvalue weighted by Gasteiger charge is -2.25. The van der Waals surface area contributed by atoms with Crippen LogP contribution in [0.2, 0.25) is 5.02 Å². The van der Waals surface area contributed by atoms with Crippen molar-refractivity contribution in [3.63, 3.8) is 0 Å². The first-order valence-electron chi connectivity index (χ1n) is 9.72. The first kappa shape index (κ1) is 20.1. The summed E-state index contributed by atoms with van der Waals surface area (Å²) in [4.78, 5) is 16.4. The molecule has 0 saturated carbocycles. The van der Waals surface area contributed by atoms with Crippen molar-refractivity contribution in [3.05, 3.63) is 76.1 Å². The summed E-state index contributed by atoms with van der Waals surface area (Å²) >= 11 is 6.36. The molecule has 0 spiro atoms. The average molecular weight is 426 g/mol. The molecule has 30 heavy (non-hydrogen) atoms. The summed E-state index contributed by atoms with van der Waals surface area (Å²) in [5, 5.41) is 10.6. The SMILES string of the molecule is CCCC(=O)Nc1nc2n(n1)C(c1c(F)cccc1Cl)C=C(c1ccc(C)cc1)N2. The van der Waals surface area contributed by atoms with Gasteiger partial charge in [-0.15, -0.1) is 5.10 Å². The molecule has 1 aliphatic heterocycles. The van der Waals surface area contributed by atoms with Gasteiger partial charge in [-0.25, -0.2) is 9.07 Å². The van der Waals surface area contributed by atoms with E-state index in [1.54, 1.807) is 12.1 Å². The highest BCUT2D eigenvalue weighted by molar-refractivity contribution is 6.31. The zero-order valence-corrected chi connectivity index (χ0v) is 17.4. The summed E-state index contributed by atoms with van der Waals surface area (Å²) in [6.45, 7) is 3.93. The fraction of sp³-hybridized carbons (Fsp3) is 0.227. The number of amides is 1. The highest BCUT2D eigenvalue weighted by atomic mass is 35.5. The van der Waals surface area contributed by atoms with Crippen molar-refractivity contribution in [2.24, 2.45) is 0 Å². The number of rotatable bonds is 5. The van der Waals surface area contributed by atoms with Crippen LogP contribution in [0.3, 0.4) is 0 Å². The highest BCUT2D eigenvalue weighted by Gasteiger charge is 2.29. The maximum atomic E-state index is 14.8. The quantitative estimate of drug-likeness (QED) is 0.591. The van der Waals surface area contributed by atoms with E-state index in [0.717, 1.165) is 16.8 Å². The van der Waals surface area contributed by atoms with Crippen molar-refractivity contribution in [2.45, 2.75) is 32.7 Å². The van der Waals surface area contributed by atoms with Crippen molar-refractivity contribution in [2.75, 3.05) is 10.6 Å². The molecule has 2 aromatic carbocycles. The number of hydrogen-bond acceptors (Lipinski definition) is 4. The predicted molar refractivity (Wildman–Crippen MR) is 116 cm³/mol. The molecule has 3 aromatic rings. The van der Waals surface area contributed by atoms with Crippen LogP contribution < -0.4 is 10.6 Å². The molecule has 0 saturated heterocycles. The topological polar surface area (TPSA) is 71.8 Å². The molecular formula is C22H21ClFN5O. The number of aromatic nitrogens is 3. The third-order valence-corrected chi connectivity index (χ3v) is 5.18. The van der Waals surface area contributed by atoms with E-state index >= 15 is 0 Å². The Morgan fingerprint density at radius 1 is 1.27 bits per heavy atom. The van der Waals surface area contributed by atoms with Crippen LogP contribution >= 0.6 is 11.6 Å². The third-order valence-electron chi connectivity index (χ3n) is 4.85. The van der Waals surface area contributed by atoms with Crippen LogP contribution in [0.25, 0.3) is 5.70 Å². The van der Waals surface area contributed by atoms with Crippen LogP contribution in [0.4, 0.5) is 16.3 Å². The maximum Gasteiger partial charge on any atom is 0.250 e. The van der Waals surface area contributed by atoms with Gasteiger partial charge in [0.15, 0.2) is 0 Å². The second-order valence-electron chi connectivity index (χ2n) is 7.15. The third kappa shape index (κ3) is 3.93. The lowest BCUT2D eigenvalue weighted by atomic mass is 10.0. The number of allylic oxidation sites excluding steroid dienone is 1. The van der Waals surface area contributed by atoms with Gasteiger partial charge in [0.05, 0.1) is 0 Å². The maximum absolute atomic E-state index is 14.8. The van der Waals surface area contributed by atoms with Crippen LogP contribution in [-0.2, 0) is 4.79 Å². The molecule has 4 rings (SSSR count). The Hall–Kier alpha value is -3.19. The zero-order valence-electron chi connectivity index (χ0n) is 16.6. The number of nitrogens with zero attached hydrogens (tertiary/aromatic N) is 3. The molecule has 1 atom stereocenters. The number of anilines is 2. The average Bonchev–Trinajstić information content (AvgIpc) is 3.10. The normalized spacial score (nSPS) is 15.2. The molecule has 1 unspecified atom stereocenters. The molecule has 2 N–H and O–H groups in total. The lowest BCUT2D eigenvalue weighted by molar-refractivity contribution is -0.116. The largest absolute Gasteiger partial charge is 0.324 e. The molecule has 0 fully saturated rings. The smallest absolute Gasteiger partial charge is 0.250 e. The summed E-state index contributed by atoms with van der Waals surface area (Å²) in [5.41, 5.74) is 3.10. The Kier molecular flexibility index (Phi) is 5.55. The molecule has 8 heteroatoms. The van der Waals surface area contributed by atoms with Gasteiger partial charge < -0.3 is 5.32 Å². The van der Waals surface area contributed by atoms with Crippen molar-refractivity contribution in [3.8, 4) is 0 Å². The monoisotopic (exact) mass is 425 g/mol. The van der Waals surface area contributed by atoms with Gasteiger partial charge in [-0.3, -0.25) is 10.1 Å². The van der Waals surface area contributed by atoms with E-state index in [4.69, 9.17) is 11.6 Å². The fourth-order valence-electron chi connectivity index (χ4n) is 3.36. The molecule has 154 valence electrons. The van der Waals surface area contributed by atoms with Gasteiger partial charge in [0, 0.05) is 22.7 Å². The van der Waals surface area contributed by atoms with Gasteiger partial charge >= 0.3 is 0 Å². The van der Waals surface area contributed by atoms with E-state index < -0.39 is 11.9 Å². The zero-order chi connectivity index (χ0) is 21.3. The second kappa shape index (κ2) is 8.28. The molecule has 6 nitrogen and oxygen atoms in total. The van der Waals surface area contributed by atoms with Gasteiger partial charge in [-0.1, -0.05) is 54.4 Å². The molecular weight excluding hydrogens is 405 g/mol. The highest BCUT2D eigenvalue weighted by Crippen LogP contribution is 2.37. The van der Waals surface area contributed by atoms with E-state index in [1.165, 1.54) is 10.7 Å². The van der Waals surface area contributed by atoms with E-state index in [-0.39, 0.29) is 11.9 Å². The lowest BCUT2D eigenvalue weighted by Crippen LogP contribution is -2.21. The van der Waals surface area contributed by atoms with Gasteiger partial charge in [0.1, 0.15) is 11.9 Å². The summed E-state index contributed by atoms with van der Waals surface area (Å²) in [5.74, 6) is -0.0595. The predicted octanol–water partition coefficient (Wildman–Crippen LogP) is 5.17. The molecule has 1 aromatic heterocycles. The van der Waals surface area contributed by atoms with Crippen molar-refractivity contribution in [1.82, 2.24) is 14.8 Å². The van der Waals surface area contributed by atoms with Crippen LogP contribution in [0.5, 0.6) is 0 Å². The van der Waals surface area contributed by atoms with Gasteiger partial charge in [0.25, 0.3) is 5.95 Å². The minimum Gasteiger partial charge on any atom is -0.324 e. The van der Waals surface area contributed by atoms with Crippen LogP contribution in [0.1, 0.15) is 42.5 Å². The van der Waals surface area contributed by atoms with Crippen molar-refractivity contribution >= 4 is 35.1 Å². The summed E-state index contributed by atoms with van der Waals surface area (Å²) in [7, 11) is 0. The first-order valence-corrected chi connectivity index (χ1v) is 10.1. The molecule has 0 bridgehead atoms. The number of benzene rings is 2. The Labute approximate surface area is 178 Å². The van der Waals surface area contributed by atoms with Crippen LogP contribution in [-0.4, -0.2) is 20.7 Å². The minimum atomic E-state index is -0.629. The molecule has 1 aliphatic rings. The van der Waals surface area contributed by atoms with E-state index in [1.807, 2.05) is 44.2 Å². The minimum absolute atomic E-state index is 0.159. The van der Waals surface area contributed by atoms with E-state index in [0.29, 0.717) is 29.4 Å². The number of hydrogen-bond donors (Lipinski definition) is 2. The second-order valence-corrected chi connectivity index (χ2v) is 7.56. The number of carbonyl (C=O) groups is 1. The van der Waals surface area contributed by atoms with Crippen molar-refractivity contribution < 1.29 is 9.18 Å². The number of nitrogens with one attached hydrogen (secondary N) is 2. The number of fused-ring (bicyclic) bond motifs is 1. The van der Waals surface area contributed by atoms with Gasteiger partial charge in [-0.2, -0.15) is 4.98 Å². The number of carbonyl (C=O) groups excluding carboxylic acids is 1. The Balaban J connectivity index is 1.80. The number of aryl methyl sites for hydroxylation is 1. The van der Waals surface area contributed by atoms with E-state index in [2.05, 4.69) is 20.7 Å². The summed E-state index contributed by atoms with van der Waals surface area (Å²) in [6.07, 6.45) is 2.94. The first-order chi connectivity index (χ1) is 14.5. The van der Waals surface area contributed by atoms with Crippen LogP contribution in [0.15, 0.2) is 48.5 Å². The summed E-state index contributed by atoms with van der Waals surface area (Å²) in [6, 6.07) is 11.9. The standard InChI is InChI=1S/C22H21ClFN5O/c1-3-5-19(30)26-21-27-22-25-17(14-10-8-13(2)9-11-14)12-18(29(22)28-21)20-15(23)6-4-7-16(20)24/h4,6-12,18H,3,5H2,1-2H3,(H2,25,26,27,28,30). The van der Waals surface area contributed by atoms with Crippen molar-refractivity contribution in [1.29, 1.82) is 0 Å². The van der Waals surface area contributed by atoms with Gasteiger partial charge in [-0.05, 0) is 37.1 Å². The Bertz CT molecular complexity index is 1100. The van der Waals surface area contributed by atoms with Crippen LogP contribution in [0, 0.1) is 12.7 Å². The summed E-state index contributed by atoms with van der Waals surface area (Å²) < 4.78 is 16.3. The molecule has 0 aliphatic carbocycles. The molecule has 0 radical (unpaired) electrons. The Morgan fingerprint density at radius 3 is 2.73 bits per heavy atom. The fourth-order valence-corrected chi connectivity index (χ4v) is 3.64. The molecule has 2 heterocycles. The Morgan fingerprint density at radius 2 is 2.03 bits per heavy atom. The van der Waals surface area contributed by atoms with E-state index in [9.17, 15) is 9.18 Å².